The average Bonchev–Trinajstić information content (AvgIpc) is 2.61. The van der Waals surface area contributed by atoms with E-state index in [1.165, 1.54) is 5.56 Å². The second-order valence-electron chi connectivity index (χ2n) is 5.99. The minimum atomic E-state index is 0.681. The van der Waals surface area contributed by atoms with Gasteiger partial charge in [-0.1, -0.05) is 18.2 Å². The smallest absolute Gasteiger partial charge is 0.232 e. The van der Waals surface area contributed by atoms with Crippen molar-refractivity contribution in [2.45, 2.75) is 27.3 Å². The van der Waals surface area contributed by atoms with Crippen LogP contribution in [0.25, 0.3) is 0 Å². The fourth-order valence-corrected chi connectivity index (χ4v) is 2.69. The Morgan fingerprint density at radius 2 is 1.92 bits per heavy atom. The minimum Gasteiger partial charge on any atom is -0.366 e. The van der Waals surface area contributed by atoms with Crippen LogP contribution in [0.5, 0.6) is 0 Å². The van der Waals surface area contributed by atoms with E-state index >= 15 is 0 Å². The maximum Gasteiger partial charge on any atom is 0.232 e. The van der Waals surface area contributed by atoms with Crippen LogP contribution in [-0.2, 0) is 6.54 Å². The van der Waals surface area contributed by atoms with Crippen LogP contribution in [0.1, 0.15) is 23.7 Å². The molecule has 0 aliphatic rings. The van der Waals surface area contributed by atoms with Gasteiger partial charge in [0.1, 0.15) is 5.82 Å². The van der Waals surface area contributed by atoms with E-state index in [9.17, 15) is 0 Å². The average molecular weight is 333 g/mol. The lowest BCUT2D eigenvalue weighted by Gasteiger charge is -2.22. The number of rotatable bonds is 6. The van der Waals surface area contributed by atoms with Crippen LogP contribution in [0.15, 0.2) is 54.9 Å². The van der Waals surface area contributed by atoms with Gasteiger partial charge in [0.05, 0.1) is 0 Å². The highest BCUT2D eigenvalue weighted by molar-refractivity contribution is 5.59. The van der Waals surface area contributed by atoms with Crippen molar-refractivity contribution < 1.29 is 0 Å². The Morgan fingerprint density at radius 3 is 2.64 bits per heavy atom. The van der Waals surface area contributed by atoms with Crippen LogP contribution in [-0.4, -0.2) is 21.5 Å². The van der Waals surface area contributed by atoms with Crippen molar-refractivity contribution in [2.75, 3.05) is 16.8 Å². The highest BCUT2D eigenvalue weighted by atomic mass is 15.3. The van der Waals surface area contributed by atoms with Crippen molar-refractivity contribution in [3.05, 3.63) is 71.7 Å². The Balaban J connectivity index is 1.84. The summed E-state index contributed by atoms with van der Waals surface area (Å²) in [6.07, 6.45) is 3.63. The minimum absolute atomic E-state index is 0.681. The molecule has 3 rings (SSSR count). The number of nitrogens with zero attached hydrogens (tertiary/aromatic N) is 4. The molecular formula is C20H23N5. The monoisotopic (exact) mass is 333 g/mol. The Hall–Kier alpha value is -2.95. The molecule has 5 nitrogen and oxygen atoms in total. The first-order chi connectivity index (χ1) is 12.2. The molecule has 5 heteroatoms. The van der Waals surface area contributed by atoms with E-state index in [0.29, 0.717) is 12.5 Å². The first-order valence-corrected chi connectivity index (χ1v) is 8.48. The number of benzene rings is 1. The van der Waals surface area contributed by atoms with Gasteiger partial charge in [-0.25, -0.2) is 4.98 Å². The number of hydrogen-bond acceptors (Lipinski definition) is 5. The van der Waals surface area contributed by atoms with Gasteiger partial charge in [0.15, 0.2) is 0 Å². The summed E-state index contributed by atoms with van der Waals surface area (Å²) >= 11 is 0. The predicted molar refractivity (Wildman–Crippen MR) is 102 cm³/mol. The van der Waals surface area contributed by atoms with Crippen molar-refractivity contribution in [1.82, 2.24) is 15.0 Å². The lowest BCUT2D eigenvalue weighted by molar-refractivity contribution is 0.928. The van der Waals surface area contributed by atoms with Gasteiger partial charge in [0.2, 0.25) is 5.95 Å². The number of nitrogens with one attached hydrogen (secondary N) is 1. The molecular weight excluding hydrogens is 310 g/mol. The summed E-state index contributed by atoms with van der Waals surface area (Å²) in [7, 11) is 0. The van der Waals surface area contributed by atoms with Crippen LogP contribution >= 0.6 is 0 Å². The number of anilines is 3. The third kappa shape index (κ3) is 4.32. The molecule has 0 aliphatic heterocycles. The zero-order chi connectivity index (χ0) is 17.6. The second-order valence-corrected chi connectivity index (χ2v) is 5.99. The largest absolute Gasteiger partial charge is 0.366 e. The number of hydrogen-bond donors (Lipinski definition) is 1. The fourth-order valence-electron chi connectivity index (χ4n) is 2.69. The van der Waals surface area contributed by atoms with Crippen LogP contribution in [0, 0.1) is 13.8 Å². The summed E-state index contributed by atoms with van der Waals surface area (Å²) in [5, 5.41) is 3.37. The Kier molecular flexibility index (Phi) is 5.23. The van der Waals surface area contributed by atoms with Crippen LogP contribution in [0.2, 0.25) is 0 Å². The van der Waals surface area contributed by atoms with Gasteiger partial charge in [-0.15, -0.1) is 0 Å². The van der Waals surface area contributed by atoms with E-state index in [2.05, 4.69) is 58.3 Å². The molecule has 25 heavy (non-hydrogen) atoms. The van der Waals surface area contributed by atoms with Crippen molar-refractivity contribution in [3.8, 4) is 0 Å². The van der Waals surface area contributed by atoms with E-state index in [0.717, 1.165) is 29.3 Å². The van der Waals surface area contributed by atoms with Gasteiger partial charge in [-0.3, -0.25) is 4.98 Å². The lowest BCUT2D eigenvalue weighted by atomic mass is 10.2. The summed E-state index contributed by atoms with van der Waals surface area (Å²) in [4.78, 5) is 15.6. The molecule has 128 valence electrons. The molecule has 0 bridgehead atoms. The zero-order valence-corrected chi connectivity index (χ0v) is 14.9. The van der Waals surface area contributed by atoms with Gasteiger partial charge in [-0.2, -0.15) is 4.98 Å². The van der Waals surface area contributed by atoms with Crippen molar-refractivity contribution in [2.24, 2.45) is 0 Å². The summed E-state index contributed by atoms with van der Waals surface area (Å²) in [6, 6.07) is 14.3. The summed E-state index contributed by atoms with van der Waals surface area (Å²) in [5.41, 5.74) is 4.38. The molecule has 3 aromatic rings. The van der Waals surface area contributed by atoms with E-state index in [4.69, 9.17) is 4.98 Å². The molecule has 0 aliphatic carbocycles. The van der Waals surface area contributed by atoms with Crippen molar-refractivity contribution in [3.63, 3.8) is 0 Å². The van der Waals surface area contributed by atoms with Gasteiger partial charge < -0.3 is 10.2 Å². The maximum absolute atomic E-state index is 4.71. The number of pyridine rings is 1. The molecule has 1 aromatic carbocycles. The Labute approximate surface area is 148 Å². The molecule has 2 heterocycles. The summed E-state index contributed by atoms with van der Waals surface area (Å²) in [5.74, 6) is 1.53. The van der Waals surface area contributed by atoms with Crippen LogP contribution in [0.4, 0.5) is 17.5 Å². The molecule has 0 unspecified atom stereocenters. The molecule has 1 N–H and O–H groups in total. The van der Waals surface area contributed by atoms with E-state index in [1.54, 1.807) is 6.20 Å². The predicted octanol–water partition coefficient (Wildman–Crippen LogP) is 4.26. The fraction of sp³-hybridized carbons (Fsp3) is 0.250. The zero-order valence-electron chi connectivity index (χ0n) is 14.9. The third-order valence-electron chi connectivity index (χ3n) is 3.91. The molecule has 0 fully saturated rings. The molecule has 0 saturated heterocycles. The highest BCUT2D eigenvalue weighted by Crippen LogP contribution is 2.24. The lowest BCUT2D eigenvalue weighted by Crippen LogP contribution is -2.20. The molecule has 0 atom stereocenters. The van der Waals surface area contributed by atoms with Gasteiger partial charge in [0, 0.05) is 42.9 Å². The first-order valence-electron chi connectivity index (χ1n) is 8.48. The SMILES string of the molecule is CCN(c1cccc(C)c1)c1nc(C)cc(NCc2cccnc2)n1. The molecule has 2 aromatic heterocycles. The first kappa shape index (κ1) is 16.9. The van der Waals surface area contributed by atoms with Gasteiger partial charge in [0.25, 0.3) is 0 Å². The molecule has 0 radical (unpaired) electrons. The Bertz CT molecular complexity index is 832. The maximum atomic E-state index is 4.71. The summed E-state index contributed by atoms with van der Waals surface area (Å²) in [6.45, 7) is 7.67. The highest BCUT2D eigenvalue weighted by Gasteiger charge is 2.12. The molecule has 0 spiro atoms. The van der Waals surface area contributed by atoms with Crippen molar-refractivity contribution in [1.29, 1.82) is 0 Å². The van der Waals surface area contributed by atoms with Crippen molar-refractivity contribution >= 4 is 17.5 Å². The topological polar surface area (TPSA) is 53.9 Å². The number of aryl methyl sites for hydroxylation is 2. The summed E-state index contributed by atoms with van der Waals surface area (Å²) < 4.78 is 0. The van der Waals surface area contributed by atoms with Gasteiger partial charge in [-0.05, 0) is 50.1 Å². The van der Waals surface area contributed by atoms with Gasteiger partial charge >= 0.3 is 0 Å². The standard InChI is InChI=1S/C20H23N5/c1-4-25(18-9-5-7-15(2)11-18)20-23-16(3)12-19(24-20)22-14-17-8-6-10-21-13-17/h5-13H,4,14H2,1-3H3,(H,22,23,24). The third-order valence-corrected chi connectivity index (χ3v) is 3.91. The van der Waals surface area contributed by atoms with E-state index < -0.39 is 0 Å². The second kappa shape index (κ2) is 7.75. The van der Waals surface area contributed by atoms with E-state index in [1.807, 2.05) is 31.3 Å². The van der Waals surface area contributed by atoms with Crippen LogP contribution < -0.4 is 10.2 Å². The number of aromatic nitrogens is 3. The Morgan fingerprint density at radius 1 is 1.04 bits per heavy atom. The van der Waals surface area contributed by atoms with E-state index in [-0.39, 0.29) is 0 Å². The quantitative estimate of drug-likeness (QED) is 0.730. The van der Waals surface area contributed by atoms with Crippen LogP contribution in [0.3, 0.4) is 0 Å². The molecule has 0 saturated carbocycles. The molecule has 0 amide bonds. The normalized spacial score (nSPS) is 10.5.